The number of carbonyl (C=O) groups excluding carboxylic acids is 1. The van der Waals surface area contributed by atoms with Crippen molar-refractivity contribution in [2.45, 2.75) is 18.3 Å². The summed E-state index contributed by atoms with van der Waals surface area (Å²) < 4.78 is 13.9. The van der Waals surface area contributed by atoms with Gasteiger partial charge < -0.3 is 29.6 Å². The van der Waals surface area contributed by atoms with Crippen LogP contribution in [0.2, 0.25) is 0 Å². The van der Waals surface area contributed by atoms with Gasteiger partial charge in [-0.25, -0.2) is 5.06 Å². The Labute approximate surface area is 124 Å². The van der Waals surface area contributed by atoms with Crippen LogP contribution in [0.25, 0.3) is 0 Å². The molecule has 0 saturated carbocycles. The van der Waals surface area contributed by atoms with Crippen LogP contribution in [0.4, 0.5) is 0 Å². The predicted octanol–water partition coefficient (Wildman–Crippen LogP) is -6.60. The molecule has 0 saturated heterocycles. The molecule has 0 aromatic heterocycles. The molecule has 0 aliphatic rings. The summed E-state index contributed by atoms with van der Waals surface area (Å²) in [6.07, 6.45) is -5.48. The fourth-order valence-electron chi connectivity index (χ4n) is 0.868. The molecule has 0 aliphatic carbocycles. The van der Waals surface area contributed by atoms with E-state index in [0.717, 1.165) is 0 Å². The molecule has 5 N–H and O–H groups in total. The summed E-state index contributed by atoms with van der Waals surface area (Å²) in [6, 6.07) is 0. The van der Waals surface area contributed by atoms with Gasteiger partial charge in [-0.2, -0.15) is 0 Å². The van der Waals surface area contributed by atoms with Gasteiger partial charge in [-0.1, -0.05) is 0 Å². The zero-order chi connectivity index (χ0) is 13.6. The molecule has 18 heavy (non-hydrogen) atoms. The summed E-state index contributed by atoms with van der Waals surface area (Å²) in [7, 11) is -5.04. The predicted molar refractivity (Wildman–Crippen MR) is 48.4 cm³/mol. The van der Waals surface area contributed by atoms with E-state index in [1.807, 2.05) is 0 Å². The van der Waals surface area contributed by atoms with Gasteiger partial charge in [-0.15, -0.1) is 0 Å². The third kappa shape index (κ3) is 9.36. The Hall–Kier alpha value is 0.420. The molecule has 10 nitrogen and oxygen atoms in total. The van der Waals surface area contributed by atoms with Crippen molar-refractivity contribution in [1.82, 2.24) is 5.06 Å². The molecule has 12 heteroatoms. The molecule has 0 rings (SSSR count). The smallest absolute Gasteiger partial charge is 0.756 e. The van der Waals surface area contributed by atoms with Crippen molar-refractivity contribution in [2.24, 2.45) is 0 Å². The number of hydrogen-bond acceptors (Lipinski definition) is 8. The molecule has 0 aromatic carbocycles. The fourth-order valence-corrected chi connectivity index (χ4v) is 1.21. The second kappa shape index (κ2) is 9.34. The number of phosphoric ester groups is 1. The third-order valence-corrected chi connectivity index (χ3v) is 2.17. The van der Waals surface area contributed by atoms with E-state index in [9.17, 15) is 24.5 Å². The molecule has 0 heterocycles. The van der Waals surface area contributed by atoms with Crippen LogP contribution in [0.3, 0.4) is 0 Å². The van der Waals surface area contributed by atoms with Gasteiger partial charge in [0.2, 0.25) is 6.41 Å². The summed E-state index contributed by atoms with van der Waals surface area (Å²) in [6.45, 7) is -1.68. The minimum atomic E-state index is -5.04. The minimum absolute atomic E-state index is 0. The maximum Gasteiger partial charge on any atom is 1.00 e. The summed E-state index contributed by atoms with van der Waals surface area (Å²) >= 11 is 0. The van der Waals surface area contributed by atoms with Crippen molar-refractivity contribution in [3.05, 3.63) is 0 Å². The number of phosphoric acid groups is 1. The van der Waals surface area contributed by atoms with Crippen molar-refractivity contribution >= 4 is 14.2 Å². The van der Waals surface area contributed by atoms with Gasteiger partial charge in [0.1, 0.15) is 18.3 Å². The maximum absolute atomic E-state index is 10.2. The van der Waals surface area contributed by atoms with Gasteiger partial charge in [0.05, 0.1) is 13.2 Å². The molecular formula is C6H13NNaO9P. The Morgan fingerprint density at radius 1 is 1.33 bits per heavy atom. The van der Waals surface area contributed by atoms with E-state index in [0.29, 0.717) is 0 Å². The summed E-state index contributed by atoms with van der Waals surface area (Å²) in [4.78, 5) is 28.3. The summed E-state index contributed by atoms with van der Waals surface area (Å²) in [5, 5.41) is 36.2. The Bertz CT molecular complexity index is 286. The molecule has 0 radical (unpaired) electrons. The maximum atomic E-state index is 10.2. The van der Waals surface area contributed by atoms with Crippen LogP contribution >= 0.6 is 7.82 Å². The Morgan fingerprint density at radius 2 is 1.83 bits per heavy atom. The minimum Gasteiger partial charge on any atom is -0.756 e. The van der Waals surface area contributed by atoms with Crippen molar-refractivity contribution in [3.63, 3.8) is 0 Å². The molecule has 0 bridgehead atoms. The molecule has 1 amide bonds. The summed E-state index contributed by atoms with van der Waals surface area (Å²) in [5.74, 6) is 0. The van der Waals surface area contributed by atoms with Gasteiger partial charge in [-0.05, 0) is 0 Å². The number of aliphatic hydroxyl groups is 3. The molecule has 0 aromatic rings. The molecule has 1 unspecified atom stereocenters. The monoisotopic (exact) mass is 297 g/mol. The van der Waals surface area contributed by atoms with Gasteiger partial charge in [0.25, 0.3) is 7.82 Å². The van der Waals surface area contributed by atoms with E-state index < -0.39 is 39.3 Å². The Kier molecular flexibility index (Phi) is 10.8. The first-order chi connectivity index (χ1) is 7.67. The first-order valence-corrected chi connectivity index (χ1v) is 5.80. The summed E-state index contributed by atoms with van der Waals surface area (Å²) in [5.41, 5.74) is 0. The van der Waals surface area contributed by atoms with Crippen molar-refractivity contribution in [2.75, 3.05) is 13.2 Å². The van der Waals surface area contributed by atoms with Gasteiger partial charge in [0, 0.05) is 0 Å². The standard InChI is InChI=1S/C6H14NO9P.Na/c8-3-7(12)1-4(9)6(11)5(10)2-16-17(13,14)15;/h3-6,9-12H,1-2H2,(H2,13,14,15);/q;+1/p-1/t4-,5+,6-;/m0./s1. The first-order valence-electron chi connectivity index (χ1n) is 4.30. The number of nitrogens with zero attached hydrogens (tertiary/aromatic N) is 1. The van der Waals surface area contributed by atoms with E-state index >= 15 is 0 Å². The van der Waals surface area contributed by atoms with Crippen molar-refractivity contribution in [3.8, 4) is 0 Å². The van der Waals surface area contributed by atoms with Crippen LogP contribution in [-0.2, 0) is 13.9 Å². The van der Waals surface area contributed by atoms with Crippen LogP contribution in [0.5, 0.6) is 0 Å². The number of carbonyl (C=O) groups is 1. The van der Waals surface area contributed by atoms with Crippen LogP contribution in [0.1, 0.15) is 0 Å². The number of rotatable bonds is 8. The largest absolute Gasteiger partial charge is 1.00 e. The van der Waals surface area contributed by atoms with Crippen LogP contribution < -0.4 is 34.5 Å². The third-order valence-electron chi connectivity index (χ3n) is 1.69. The fraction of sp³-hybridized carbons (Fsp3) is 0.833. The average molecular weight is 297 g/mol. The quantitative estimate of drug-likeness (QED) is 0.0960. The van der Waals surface area contributed by atoms with E-state index in [2.05, 4.69) is 4.52 Å². The average Bonchev–Trinajstić information content (AvgIpc) is 2.23. The van der Waals surface area contributed by atoms with Crippen molar-refractivity contribution in [1.29, 1.82) is 0 Å². The zero-order valence-electron chi connectivity index (χ0n) is 9.49. The van der Waals surface area contributed by atoms with Crippen LogP contribution in [0, 0.1) is 0 Å². The zero-order valence-corrected chi connectivity index (χ0v) is 12.4. The van der Waals surface area contributed by atoms with Crippen LogP contribution in [-0.4, -0.2) is 68.4 Å². The topological polar surface area (TPSA) is 171 Å². The second-order valence-corrected chi connectivity index (χ2v) is 4.31. The van der Waals surface area contributed by atoms with Gasteiger partial charge in [0.15, 0.2) is 0 Å². The molecule has 0 fully saturated rings. The van der Waals surface area contributed by atoms with Gasteiger partial charge >= 0.3 is 29.6 Å². The Morgan fingerprint density at radius 3 is 2.22 bits per heavy atom. The van der Waals surface area contributed by atoms with E-state index in [1.54, 1.807) is 0 Å². The SMILES string of the molecule is O=CN(O)C[C@H](O)[C@H](O)[C@H](O)COP(=O)([O-])O.[Na+]. The number of amides is 1. The molecule has 0 spiro atoms. The van der Waals surface area contributed by atoms with E-state index in [1.165, 1.54) is 0 Å². The molecule has 0 aliphatic heterocycles. The number of aliphatic hydroxyl groups excluding tert-OH is 3. The first kappa shape index (κ1) is 20.7. The number of hydrogen-bond donors (Lipinski definition) is 5. The second-order valence-electron chi connectivity index (χ2n) is 3.12. The van der Waals surface area contributed by atoms with Gasteiger partial charge in [-0.3, -0.25) is 14.6 Å². The van der Waals surface area contributed by atoms with E-state index in [-0.39, 0.29) is 41.0 Å². The van der Waals surface area contributed by atoms with E-state index in [4.69, 9.17) is 15.2 Å². The molecular weight excluding hydrogens is 284 g/mol. The Balaban J connectivity index is 0. The molecule has 4 atom stereocenters. The van der Waals surface area contributed by atoms with Crippen LogP contribution in [0.15, 0.2) is 0 Å². The number of hydroxylamine groups is 2. The normalized spacial score (nSPS) is 19.0. The molecule has 102 valence electrons. The van der Waals surface area contributed by atoms with Crippen molar-refractivity contribution < 1.29 is 73.8 Å².